The topological polar surface area (TPSA) is 84.1 Å². The number of carboxylic acid groups (broad SMARTS) is 1. The Morgan fingerprint density at radius 2 is 2.37 bits per heavy atom. The summed E-state index contributed by atoms with van der Waals surface area (Å²) in [4.78, 5) is 20.6. The highest BCUT2D eigenvalue weighted by molar-refractivity contribution is 6.28. The van der Waals surface area contributed by atoms with Crippen molar-refractivity contribution in [2.45, 2.75) is 25.4 Å². The van der Waals surface area contributed by atoms with Crippen molar-refractivity contribution in [3.8, 4) is 0 Å². The van der Waals surface area contributed by atoms with E-state index in [4.69, 9.17) is 16.7 Å². The fourth-order valence-corrected chi connectivity index (χ4v) is 2.59. The molecule has 7 nitrogen and oxygen atoms in total. The van der Waals surface area contributed by atoms with Crippen LogP contribution in [0.25, 0.3) is 11.0 Å². The highest BCUT2D eigenvalue weighted by atomic mass is 35.5. The molecule has 1 N–H and O–H groups in total. The van der Waals surface area contributed by atoms with Gasteiger partial charge in [0.25, 0.3) is 0 Å². The van der Waals surface area contributed by atoms with Crippen LogP contribution in [-0.2, 0) is 6.54 Å². The average molecular weight is 282 g/mol. The van der Waals surface area contributed by atoms with Crippen LogP contribution in [-0.4, -0.2) is 48.4 Å². The van der Waals surface area contributed by atoms with Gasteiger partial charge in [0.2, 0.25) is 5.28 Å². The maximum Gasteiger partial charge on any atom is 0.407 e. The van der Waals surface area contributed by atoms with Gasteiger partial charge in [-0.25, -0.2) is 14.5 Å². The lowest BCUT2D eigenvalue weighted by Crippen LogP contribution is -2.37. The molecule has 0 saturated carbocycles. The maximum atomic E-state index is 11.1. The number of halogens is 1. The van der Waals surface area contributed by atoms with Crippen LogP contribution in [0.2, 0.25) is 5.28 Å². The lowest BCUT2D eigenvalue weighted by atomic mass is 10.2. The fourth-order valence-electron chi connectivity index (χ4n) is 2.46. The van der Waals surface area contributed by atoms with E-state index in [1.54, 1.807) is 17.1 Å². The molecule has 1 amide bonds. The third kappa shape index (κ3) is 2.21. The van der Waals surface area contributed by atoms with Crippen molar-refractivity contribution in [1.82, 2.24) is 24.6 Å². The predicted octanol–water partition coefficient (Wildman–Crippen LogP) is 1.62. The van der Waals surface area contributed by atoms with Crippen LogP contribution in [0.15, 0.2) is 12.4 Å². The van der Waals surface area contributed by atoms with Gasteiger partial charge in [0, 0.05) is 12.7 Å². The number of aromatic nitrogens is 4. The number of carbonyl (C=O) groups is 1. The first-order valence-electron chi connectivity index (χ1n) is 5.99. The van der Waals surface area contributed by atoms with Gasteiger partial charge in [-0.15, -0.1) is 0 Å². The second kappa shape index (κ2) is 4.65. The largest absolute Gasteiger partial charge is 0.465 e. The molecule has 1 atom stereocenters. The maximum absolute atomic E-state index is 11.1. The molecule has 0 bridgehead atoms. The molecule has 3 heterocycles. The van der Waals surface area contributed by atoms with Crippen molar-refractivity contribution >= 4 is 28.7 Å². The van der Waals surface area contributed by atoms with Crippen molar-refractivity contribution in [3.05, 3.63) is 17.7 Å². The highest BCUT2D eigenvalue weighted by Crippen LogP contribution is 2.20. The summed E-state index contributed by atoms with van der Waals surface area (Å²) in [6.45, 7) is 1.07. The fraction of sp³-hybridized carbons (Fsp3) is 0.455. The third-order valence-electron chi connectivity index (χ3n) is 3.35. The minimum absolute atomic E-state index is 0.0608. The summed E-state index contributed by atoms with van der Waals surface area (Å²) >= 11 is 5.78. The highest BCUT2D eigenvalue weighted by Gasteiger charge is 2.29. The molecule has 8 heteroatoms. The van der Waals surface area contributed by atoms with Crippen LogP contribution in [0.1, 0.15) is 12.8 Å². The Morgan fingerprint density at radius 3 is 3.16 bits per heavy atom. The van der Waals surface area contributed by atoms with Gasteiger partial charge in [-0.3, -0.25) is 0 Å². The number of amides is 1. The molecule has 2 aromatic rings. The molecule has 2 aromatic heterocycles. The molecule has 0 spiro atoms. The number of likely N-dealkylation sites (tertiary alicyclic amines) is 1. The number of hydrogen-bond acceptors (Lipinski definition) is 4. The van der Waals surface area contributed by atoms with E-state index in [0.29, 0.717) is 18.7 Å². The summed E-state index contributed by atoms with van der Waals surface area (Å²) in [6.07, 6.45) is 4.11. The van der Waals surface area contributed by atoms with Crippen molar-refractivity contribution in [2.24, 2.45) is 0 Å². The van der Waals surface area contributed by atoms with Crippen LogP contribution in [0.4, 0.5) is 4.79 Å². The van der Waals surface area contributed by atoms with E-state index < -0.39 is 6.09 Å². The summed E-state index contributed by atoms with van der Waals surface area (Å²) < 4.78 is 1.69. The minimum Gasteiger partial charge on any atom is -0.465 e. The van der Waals surface area contributed by atoms with Crippen molar-refractivity contribution < 1.29 is 9.90 Å². The molecular formula is C11H12ClN5O2. The number of hydrogen-bond donors (Lipinski definition) is 1. The second-order valence-corrected chi connectivity index (χ2v) is 4.85. The zero-order chi connectivity index (χ0) is 13.4. The first-order chi connectivity index (χ1) is 9.15. The summed E-state index contributed by atoms with van der Waals surface area (Å²) in [7, 11) is 0. The first-order valence-corrected chi connectivity index (χ1v) is 6.36. The van der Waals surface area contributed by atoms with E-state index in [1.807, 2.05) is 0 Å². The van der Waals surface area contributed by atoms with E-state index in [-0.39, 0.29) is 11.3 Å². The summed E-state index contributed by atoms with van der Waals surface area (Å²) in [5.74, 6) is 0. The Morgan fingerprint density at radius 1 is 1.53 bits per heavy atom. The molecule has 0 aliphatic carbocycles. The van der Waals surface area contributed by atoms with E-state index in [2.05, 4.69) is 15.1 Å². The van der Waals surface area contributed by atoms with Crippen LogP contribution in [0.3, 0.4) is 0 Å². The monoisotopic (exact) mass is 281 g/mol. The van der Waals surface area contributed by atoms with Gasteiger partial charge in [-0.05, 0) is 24.4 Å². The van der Waals surface area contributed by atoms with E-state index >= 15 is 0 Å². The Kier molecular flexibility index (Phi) is 2.98. The number of rotatable bonds is 2. The Bertz CT molecular complexity index is 629. The standard InChI is InChI=1S/C11H12ClN5O2/c12-10-13-4-7-5-14-17(9(7)15-10)6-8-2-1-3-16(8)11(18)19/h4-5,8H,1-3,6H2,(H,18,19)/t8-/m0/s1. The van der Waals surface area contributed by atoms with Gasteiger partial charge in [-0.1, -0.05) is 0 Å². The van der Waals surface area contributed by atoms with Gasteiger partial charge in [0.15, 0.2) is 5.65 Å². The Hall–Kier alpha value is -1.89. The van der Waals surface area contributed by atoms with E-state index in [1.165, 1.54) is 4.90 Å². The Balaban J connectivity index is 1.89. The SMILES string of the molecule is O=C(O)N1CCC[C@H]1Cn1ncc2cnc(Cl)nc21. The van der Waals surface area contributed by atoms with Crippen molar-refractivity contribution in [3.63, 3.8) is 0 Å². The average Bonchev–Trinajstić information content (AvgIpc) is 2.97. The molecular weight excluding hydrogens is 270 g/mol. The van der Waals surface area contributed by atoms with Crippen LogP contribution < -0.4 is 0 Å². The molecule has 0 radical (unpaired) electrons. The number of nitrogens with zero attached hydrogens (tertiary/aromatic N) is 5. The zero-order valence-electron chi connectivity index (χ0n) is 10.0. The second-order valence-electron chi connectivity index (χ2n) is 4.52. The van der Waals surface area contributed by atoms with Crippen LogP contribution in [0, 0.1) is 0 Å². The van der Waals surface area contributed by atoms with Gasteiger partial charge in [0.1, 0.15) is 0 Å². The molecule has 0 aromatic carbocycles. The lowest BCUT2D eigenvalue weighted by Gasteiger charge is -2.21. The minimum atomic E-state index is -0.883. The molecule has 0 unspecified atom stereocenters. The third-order valence-corrected chi connectivity index (χ3v) is 3.54. The smallest absolute Gasteiger partial charge is 0.407 e. The van der Waals surface area contributed by atoms with Gasteiger partial charge in [0.05, 0.1) is 24.2 Å². The molecule has 1 aliphatic rings. The molecule has 1 saturated heterocycles. The van der Waals surface area contributed by atoms with Gasteiger partial charge < -0.3 is 10.0 Å². The zero-order valence-corrected chi connectivity index (χ0v) is 10.8. The van der Waals surface area contributed by atoms with Crippen LogP contribution in [0.5, 0.6) is 0 Å². The number of fused-ring (bicyclic) bond motifs is 1. The molecule has 1 fully saturated rings. The summed E-state index contributed by atoms with van der Waals surface area (Å²) in [6, 6.07) is -0.0608. The quantitative estimate of drug-likeness (QED) is 0.846. The van der Waals surface area contributed by atoms with Crippen LogP contribution >= 0.6 is 11.6 Å². The molecule has 19 heavy (non-hydrogen) atoms. The summed E-state index contributed by atoms with van der Waals surface area (Å²) in [5.41, 5.74) is 0.636. The van der Waals surface area contributed by atoms with E-state index in [9.17, 15) is 4.79 Å². The summed E-state index contributed by atoms with van der Waals surface area (Å²) in [5, 5.41) is 14.3. The molecule has 100 valence electrons. The van der Waals surface area contributed by atoms with Gasteiger partial charge in [-0.2, -0.15) is 10.1 Å². The lowest BCUT2D eigenvalue weighted by molar-refractivity contribution is 0.135. The van der Waals surface area contributed by atoms with Gasteiger partial charge >= 0.3 is 6.09 Å². The predicted molar refractivity (Wildman–Crippen MR) is 68.1 cm³/mol. The first kappa shape index (κ1) is 12.2. The Labute approximate surface area is 113 Å². The van der Waals surface area contributed by atoms with Crippen molar-refractivity contribution in [2.75, 3.05) is 6.54 Å². The van der Waals surface area contributed by atoms with E-state index in [0.717, 1.165) is 18.2 Å². The molecule has 3 rings (SSSR count). The normalized spacial score (nSPS) is 19.2. The van der Waals surface area contributed by atoms with Crippen molar-refractivity contribution in [1.29, 1.82) is 0 Å². The molecule has 1 aliphatic heterocycles.